The number of hydrogen-bond donors (Lipinski definition) is 1. The zero-order valence-corrected chi connectivity index (χ0v) is 17.8. The molecule has 0 bridgehead atoms. The normalized spacial score (nSPS) is 21.4. The van der Waals surface area contributed by atoms with Gasteiger partial charge in [-0.2, -0.15) is 0 Å². The van der Waals surface area contributed by atoms with Crippen molar-refractivity contribution in [1.82, 2.24) is 4.90 Å². The maximum Gasteiger partial charge on any atom is 0.338 e. The standard InChI is InChI=1S/C26H30N2O3/c29-25(16-11-20-7-2-1-3-8-20)27-23-14-12-21(13-15-23)26(30)31-19-22-9-6-18-28-17-5-4-10-24(22)28/h1-3,7-8,11-16,22,24H,4-6,9-10,17-19H2,(H,27,29)/b16-11-/t22-,24+/m0/s1. The predicted molar refractivity (Wildman–Crippen MR) is 123 cm³/mol. The van der Waals surface area contributed by atoms with Crippen LogP contribution in [0.3, 0.4) is 0 Å². The number of ether oxygens (including phenoxy) is 1. The molecule has 2 saturated heterocycles. The van der Waals surface area contributed by atoms with Crippen LogP contribution in [-0.2, 0) is 9.53 Å². The minimum absolute atomic E-state index is 0.214. The van der Waals surface area contributed by atoms with Crippen molar-refractivity contribution in [2.75, 3.05) is 25.0 Å². The molecule has 0 radical (unpaired) electrons. The molecule has 0 unspecified atom stereocenters. The highest BCUT2D eigenvalue weighted by Gasteiger charge is 2.33. The smallest absolute Gasteiger partial charge is 0.338 e. The summed E-state index contributed by atoms with van der Waals surface area (Å²) in [6.07, 6.45) is 9.36. The molecule has 1 amide bonds. The number of amides is 1. The van der Waals surface area contributed by atoms with Crippen molar-refractivity contribution in [1.29, 1.82) is 0 Å². The second-order valence-corrected chi connectivity index (χ2v) is 8.41. The molecule has 0 saturated carbocycles. The Hall–Kier alpha value is -2.92. The number of carbonyl (C=O) groups excluding carboxylic acids is 2. The van der Waals surface area contributed by atoms with E-state index in [9.17, 15) is 9.59 Å². The molecule has 2 fully saturated rings. The second-order valence-electron chi connectivity index (χ2n) is 8.41. The van der Waals surface area contributed by atoms with Gasteiger partial charge in [0.05, 0.1) is 12.2 Å². The maximum absolute atomic E-state index is 12.5. The Balaban J connectivity index is 1.27. The largest absolute Gasteiger partial charge is 0.462 e. The Morgan fingerprint density at radius 3 is 2.55 bits per heavy atom. The third kappa shape index (κ3) is 5.82. The molecule has 5 nitrogen and oxygen atoms in total. The molecule has 162 valence electrons. The number of nitrogens with one attached hydrogen (secondary N) is 1. The summed E-state index contributed by atoms with van der Waals surface area (Å²) in [6.45, 7) is 2.86. The summed E-state index contributed by atoms with van der Waals surface area (Å²) in [5.41, 5.74) is 2.11. The van der Waals surface area contributed by atoms with Gasteiger partial charge in [0, 0.05) is 23.7 Å². The van der Waals surface area contributed by atoms with Crippen molar-refractivity contribution >= 4 is 23.6 Å². The molecule has 2 aromatic rings. The van der Waals surface area contributed by atoms with Crippen LogP contribution < -0.4 is 5.32 Å². The average molecular weight is 419 g/mol. The highest BCUT2D eigenvalue weighted by Crippen LogP contribution is 2.31. The molecule has 31 heavy (non-hydrogen) atoms. The van der Waals surface area contributed by atoms with Crippen molar-refractivity contribution in [2.24, 2.45) is 5.92 Å². The molecule has 5 heteroatoms. The van der Waals surface area contributed by atoms with Gasteiger partial charge in [-0.15, -0.1) is 0 Å². The molecular weight excluding hydrogens is 388 g/mol. The van der Waals surface area contributed by atoms with E-state index in [1.54, 1.807) is 30.3 Å². The SMILES string of the molecule is O=C(/C=C\c1ccccc1)Nc1ccc(C(=O)OC[C@@H]2CCCN3CCCC[C@H]23)cc1. The quantitative estimate of drug-likeness (QED) is 0.543. The Morgan fingerprint density at radius 2 is 1.74 bits per heavy atom. The van der Waals surface area contributed by atoms with Crippen molar-refractivity contribution in [3.8, 4) is 0 Å². The number of rotatable bonds is 6. The van der Waals surface area contributed by atoms with Gasteiger partial charge in [0.15, 0.2) is 0 Å². The summed E-state index contributed by atoms with van der Waals surface area (Å²) >= 11 is 0. The lowest BCUT2D eigenvalue weighted by Crippen LogP contribution is -2.49. The van der Waals surface area contributed by atoms with E-state index in [1.807, 2.05) is 30.3 Å². The fourth-order valence-corrected chi connectivity index (χ4v) is 4.65. The Labute approximate surface area is 184 Å². The third-order valence-corrected chi connectivity index (χ3v) is 6.27. The van der Waals surface area contributed by atoms with Crippen molar-refractivity contribution in [3.63, 3.8) is 0 Å². The summed E-state index contributed by atoms with van der Waals surface area (Å²) < 4.78 is 5.66. The van der Waals surface area contributed by atoms with Crippen LogP contribution in [0.25, 0.3) is 6.08 Å². The fourth-order valence-electron chi connectivity index (χ4n) is 4.65. The number of anilines is 1. The van der Waals surface area contributed by atoms with Crippen LogP contribution in [0, 0.1) is 5.92 Å². The first-order valence-corrected chi connectivity index (χ1v) is 11.2. The molecule has 2 heterocycles. The lowest BCUT2D eigenvalue weighted by atomic mass is 9.84. The molecule has 1 N–H and O–H groups in total. The molecule has 2 aliphatic heterocycles. The van der Waals surface area contributed by atoms with Crippen molar-refractivity contribution in [2.45, 2.75) is 38.1 Å². The molecule has 0 aromatic heterocycles. The first-order valence-electron chi connectivity index (χ1n) is 11.2. The van der Waals surface area contributed by atoms with Gasteiger partial charge >= 0.3 is 5.97 Å². The molecule has 2 aliphatic rings. The van der Waals surface area contributed by atoms with Crippen LogP contribution >= 0.6 is 0 Å². The monoisotopic (exact) mass is 418 g/mol. The van der Waals surface area contributed by atoms with Crippen LogP contribution in [0.4, 0.5) is 5.69 Å². The third-order valence-electron chi connectivity index (χ3n) is 6.27. The number of benzene rings is 2. The minimum atomic E-state index is -0.296. The van der Waals surface area contributed by atoms with E-state index in [1.165, 1.54) is 44.8 Å². The van der Waals surface area contributed by atoms with E-state index in [-0.39, 0.29) is 11.9 Å². The molecular formula is C26H30N2O3. The van der Waals surface area contributed by atoms with Crippen LogP contribution in [0.15, 0.2) is 60.7 Å². The van der Waals surface area contributed by atoms with Gasteiger partial charge in [-0.05, 0) is 74.7 Å². The zero-order valence-electron chi connectivity index (χ0n) is 17.8. The van der Waals surface area contributed by atoms with Gasteiger partial charge < -0.3 is 10.1 Å². The predicted octanol–water partition coefficient (Wildman–Crippen LogP) is 4.76. The Kier molecular flexibility index (Phi) is 7.15. The maximum atomic E-state index is 12.5. The zero-order chi connectivity index (χ0) is 21.5. The van der Waals surface area contributed by atoms with Gasteiger partial charge in [-0.1, -0.05) is 36.8 Å². The van der Waals surface area contributed by atoms with E-state index < -0.39 is 0 Å². The highest BCUT2D eigenvalue weighted by atomic mass is 16.5. The molecule has 0 aliphatic carbocycles. The molecule has 0 spiro atoms. The number of carbonyl (C=O) groups is 2. The Morgan fingerprint density at radius 1 is 0.968 bits per heavy atom. The second kappa shape index (κ2) is 10.4. The number of fused-ring (bicyclic) bond motifs is 1. The molecule has 2 aromatic carbocycles. The summed E-state index contributed by atoms with van der Waals surface area (Å²) in [7, 11) is 0. The van der Waals surface area contributed by atoms with E-state index in [4.69, 9.17) is 4.74 Å². The fraction of sp³-hybridized carbons (Fsp3) is 0.385. The van der Waals surface area contributed by atoms with Gasteiger partial charge in [0.2, 0.25) is 5.91 Å². The Bertz CT molecular complexity index is 906. The van der Waals surface area contributed by atoms with Gasteiger partial charge in [0.25, 0.3) is 0 Å². The number of piperidine rings is 2. The summed E-state index contributed by atoms with van der Waals surface area (Å²) in [5, 5.41) is 2.81. The van der Waals surface area contributed by atoms with Crippen LogP contribution in [0.1, 0.15) is 48.0 Å². The van der Waals surface area contributed by atoms with Crippen molar-refractivity contribution in [3.05, 3.63) is 71.8 Å². The first kappa shape index (κ1) is 21.3. The topological polar surface area (TPSA) is 58.6 Å². The van der Waals surface area contributed by atoms with Gasteiger partial charge in [0.1, 0.15) is 0 Å². The summed E-state index contributed by atoms with van der Waals surface area (Å²) in [5.74, 6) is -0.0729. The number of esters is 1. The van der Waals surface area contributed by atoms with E-state index in [0.717, 1.165) is 12.0 Å². The highest BCUT2D eigenvalue weighted by molar-refractivity contribution is 6.02. The van der Waals surface area contributed by atoms with Crippen LogP contribution in [-0.4, -0.2) is 42.5 Å². The molecule has 2 atom stereocenters. The van der Waals surface area contributed by atoms with E-state index in [2.05, 4.69) is 10.2 Å². The minimum Gasteiger partial charge on any atom is -0.462 e. The number of nitrogens with zero attached hydrogens (tertiary/aromatic N) is 1. The first-order chi connectivity index (χ1) is 15.2. The molecule has 4 rings (SSSR count). The summed E-state index contributed by atoms with van der Waals surface area (Å²) in [4.78, 5) is 27.2. The van der Waals surface area contributed by atoms with E-state index >= 15 is 0 Å². The lowest BCUT2D eigenvalue weighted by Gasteiger charge is -2.44. The van der Waals surface area contributed by atoms with Gasteiger partial charge in [-0.3, -0.25) is 9.69 Å². The van der Waals surface area contributed by atoms with Gasteiger partial charge in [-0.25, -0.2) is 4.79 Å². The number of hydrogen-bond acceptors (Lipinski definition) is 4. The van der Waals surface area contributed by atoms with Crippen molar-refractivity contribution < 1.29 is 14.3 Å². The summed E-state index contributed by atoms with van der Waals surface area (Å²) in [6, 6.07) is 17.1. The van der Waals surface area contributed by atoms with Crippen LogP contribution in [0.2, 0.25) is 0 Å². The lowest BCUT2D eigenvalue weighted by molar-refractivity contribution is -0.111. The van der Waals surface area contributed by atoms with E-state index in [0.29, 0.717) is 29.8 Å². The van der Waals surface area contributed by atoms with Crippen LogP contribution in [0.5, 0.6) is 0 Å². The average Bonchev–Trinajstić information content (AvgIpc) is 2.82.